The van der Waals surface area contributed by atoms with Crippen molar-refractivity contribution in [3.63, 3.8) is 0 Å². The Morgan fingerprint density at radius 3 is 2.51 bits per heavy atom. The number of halogens is 3. The van der Waals surface area contributed by atoms with Gasteiger partial charge in [0.25, 0.3) is 10.0 Å². The van der Waals surface area contributed by atoms with Gasteiger partial charge < -0.3 is 25.1 Å². The van der Waals surface area contributed by atoms with Crippen molar-refractivity contribution in [2.45, 2.75) is 25.3 Å². The van der Waals surface area contributed by atoms with E-state index in [2.05, 4.69) is 15.2 Å². The molecule has 0 aliphatic heterocycles. The third-order valence-corrected chi connectivity index (χ3v) is 8.26. The monoisotopic (exact) mass is 703 g/mol. The maximum Gasteiger partial charge on any atom is 0.355 e. The lowest BCUT2D eigenvalue weighted by Crippen LogP contribution is -2.21. The van der Waals surface area contributed by atoms with E-state index in [0.717, 1.165) is 0 Å². The Hall–Kier alpha value is -5.20. The van der Waals surface area contributed by atoms with Crippen LogP contribution in [-0.2, 0) is 37.9 Å². The van der Waals surface area contributed by atoms with E-state index in [9.17, 15) is 26.4 Å². The number of fused-ring (bicyclic) bond motifs is 1. The Morgan fingerprint density at radius 1 is 1.06 bits per heavy atom. The van der Waals surface area contributed by atoms with Crippen LogP contribution in [0.2, 0.25) is 0 Å². The highest BCUT2D eigenvalue weighted by molar-refractivity contribution is 7.93. The van der Waals surface area contributed by atoms with Gasteiger partial charge in [0.05, 0.1) is 49.2 Å². The fourth-order valence-electron chi connectivity index (χ4n) is 4.95. The Bertz CT molecular complexity index is 2050. The second kappa shape index (κ2) is 14.9. The molecular formula is C31H32F3N7O7S. The van der Waals surface area contributed by atoms with Crippen molar-refractivity contribution in [3.8, 4) is 28.1 Å². The van der Waals surface area contributed by atoms with Gasteiger partial charge >= 0.3 is 11.7 Å². The number of carboxylic acids is 1. The molecule has 1 unspecified atom stereocenters. The van der Waals surface area contributed by atoms with Gasteiger partial charge in [-0.05, 0) is 36.8 Å². The fourth-order valence-corrected chi connectivity index (χ4v) is 5.52. The van der Waals surface area contributed by atoms with Crippen LogP contribution in [0.25, 0.3) is 33.3 Å². The van der Waals surface area contributed by atoms with Crippen LogP contribution < -0.4 is 15.2 Å². The zero-order valence-corrected chi connectivity index (χ0v) is 27.0. The van der Waals surface area contributed by atoms with Crippen molar-refractivity contribution >= 4 is 38.4 Å². The van der Waals surface area contributed by atoms with Gasteiger partial charge in [-0.15, -0.1) is 0 Å². The van der Waals surface area contributed by atoms with E-state index >= 15 is 0 Å². The van der Waals surface area contributed by atoms with Crippen molar-refractivity contribution < 1.29 is 45.7 Å². The lowest BCUT2D eigenvalue weighted by Gasteiger charge is -2.19. The molecule has 3 aromatic heterocycles. The lowest BCUT2D eigenvalue weighted by atomic mass is 10.0. The van der Waals surface area contributed by atoms with Crippen molar-refractivity contribution in [3.05, 3.63) is 72.4 Å². The van der Waals surface area contributed by atoms with Gasteiger partial charge in [-0.2, -0.15) is 19.0 Å². The summed E-state index contributed by atoms with van der Waals surface area (Å²) >= 11 is 0. The predicted octanol–water partition coefficient (Wildman–Crippen LogP) is 4.44. The summed E-state index contributed by atoms with van der Waals surface area (Å²) in [6.45, 7) is 2.31. The van der Waals surface area contributed by atoms with Gasteiger partial charge in [0.2, 0.25) is 0 Å². The Labute approximate surface area is 278 Å². The normalized spacial score (nSPS) is 12.4. The number of aryl methyl sites for hydroxylation is 1. The molecule has 5 aromatic rings. The number of sulfonamides is 1. The van der Waals surface area contributed by atoms with E-state index < -0.39 is 40.3 Å². The molecule has 0 radical (unpaired) electrons. The first kappa shape index (κ1) is 35.1. The number of anilines is 2. The number of benzene rings is 2. The average Bonchev–Trinajstić information content (AvgIpc) is 3.67. The molecule has 0 bridgehead atoms. The molecule has 0 aliphatic carbocycles. The summed E-state index contributed by atoms with van der Waals surface area (Å²) in [5, 5.41) is 18.1. The van der Waals surface area contributed by atoms with Crippen LogP contribution in [0, 0.1) is 5.82 Å². The SMILES string of the molecule is CC(Oc1cc(-c2nn(C)c3c(-c4cnn(CCOCCOCC(=O)O)c4)cnc(N)c23)ccc1NS(=O)(=O)C(F)F)c1ccc(F)cc1. The molecule has 0 saturated heterocycles. The number of carboxylic acid groups (broad SMARTS) is 1. The van der Waals surface area contributed by atoms with Gasteiger partial charge in [0.1, 0.15) is 35.8 Å². The quantitative estimate of drug-likeness (QED) is 0.123. The largest absolute Gasteiger partial charge is 0.484 e. The molecule has 0 saturated carbocycles. The van der Waals surface area contributed by atoms with Crippen LogP contribution in [0.5, 0.6) is 5.75 Å². The molecule has 3 heterocycles. The number of carbonyl (C=O) groups is 1. The van der Waals surface area contributed by atoms with Crippen molar-refractivity contribution in [1.29, 1.82) is 0 Å². The number of pyridine rings is 1. The average molecular weight is 704 g/mol. The first-order chi connectivity index (χ1) is 23.3. The van der Waals surface area contributed by atoms with Crippen LogP contribution >= 0.6 is 0 Å². The summed E-state index contributed by atoms with van der Waals surface area (Å²) in [6.07, 6.45) is 4.27. The van der Waals surface area contributed by atoms with Gasteiger partial charge in [-0.1, -0.05) is 18.2 Å². The Kier molecular flexibility index (Phi) is 10.7. The smallest absolute Gasteiger partial charge is 0.355 e. The predicted molar refractivity (Wildman–Crippen MR) is 173 cm³/mol. The molecule has 0 fully saturated rings. The number of aliphatic carboxylic acids is 1. The van der Waals surface area contributed by atoms with Crippen molar-refractivity contribution in [1.82, 2.24) is 24.5 Å². The van der Waals surface area contributed by atoms with Gasteiger partial charge in [-0.3, -0.25) is 14.1 Å². The van der Waals surface area contributed by atoms with E-state index in [0.29, 0.717) is 52.0 Å². The van der Waals surface area contributed by atoms with E-state index in [4.69, 9.17) is 25.1 Å². The topological polar surface area (TPSA) is 186 Å². The zero-order chi connectivity index (χ0) is 35.3. The van der Waals surface area contributed by atoms with Crippen LogP contribution in [-0.4, -0.2) is 76.2 Å². The Balaban J connectivity index is 1.45. The molecule has 4 N–H and O–H groups in total. The summed E-state index contributed by atoms with van der Waals surface area (Å²) in [5.41, 5.74) is 9.41. The molecule has 260 valence electrons. The molecule has 1 atom stereocenters. The minimum Gasteiger partial charge on any atom is -0.484 e. The van der Waals surface area contributed by atoms with E-state index in [-0.39, 0.29) is 30.5 Å². The molecule has 0 amide bonds. The molecule has 5 rings (SSSR count). The second-order valence-electron chi connectivity index (χ2n) is 10.7. The number of nitrogens with one attached hydrogen (secondary N) is 1. The Morgan fingerprint density at radius 2 is 1.80 bits per heavy atom. The summed E-state index contributed by atoms with van der Waals surface area (Å²) in [5.74, 6) is -5.15. The molecule has 14 nitrogen and oxygen atoms in total. The second-order valence-corrected chi connectivity index (χ2v) is 12.4. The maximum atomic E-state index is 13.5. The number of nitrogens with zero attached hydrogens (tertiary/aromatic N) is 5. The minimum absolute atomic E-state index is 0.0861. The number of ether oxygens (including phenoxy) is 3. The van der Waals surface area contributed by atoms with Gasteiger partial charge in [0.15, 0.2) is 0 Å². The number of hydrogen-bond acceptors (Lipinski definition) is 10. The zero-order valence-electron chi connectivity index (χ0n) is 26.2. The minimum atomic E-state index is -5.05. The standard InChI is InChI=1S/C31H32F3N7O7S/c1-18(19-3-6-22(32)7-4-19)48-25-13-20(5-8-24(25)39-49(44,45)31(33)34)28-27-29(40(2)38-28)23(15-36-30(27)35)21-14-37-41(16-21)9-10-46-11-12-47-17-26(42)43/h3-8,13-16,18,31,39H,9-12,17H2,1-2H3,(H2,35,36)(H,42,43). The third kappa shape index (κ3) is 8.27. The van der Waals surface area contributed by atoms with Crippen LogP contribution in [0.4, 0.5) is 24.7 Å². The summed E-state index contributed by atoms with van der Waals surface area (Å²) in [6, 6.07) is 9.66. The third-order valence-electron chi connectivity index (χ3n) is 7.28. The summed E-state index contributed by atoms with van der Waals surface area (Å²) in [4.78, 5) is 14.9. The summed E-state index contributed by atoms with van der Waals surface area (Å²) in [7, 11) is -3.34. The summed E-state index contributed by atoms with van der Waals surface area (Å²) < 4.78 is 85.9. The number of nitrogens with two attached hydrogens (primary N) is 1. The molecule has 49 heavy (non-hydrogen) atoms. The van der Waals surface area contributed by atoms with Crippen LogP contribution in [0.3, 0.4) is 0 Å². The van der Waals surface area contributed by atoms with Gasteiger partial charge in [-0.25, -0.2) is 22.6 Å². The van der Waals surface area contributed by atoms with Gasteiger partial charge in [0, 0.05) is 36.1 Å². The van der Waals surface area contributed by atoms with Crippen molar-refractivity contribution in [2.75, 3.05) is 36.9 Å². The highest BCUT2D eigenvalue weighted by Gasteiger charge is 2.27. The first-order valence-corrected chi connectivity index (χ1v) is 16.3. The highest BCUT2D eigenvalue weighted by atomic mass is 32.2. The van der Waals surface area contributed by atoms with Crippen LogP contribution in [0.15, 0.2) is 61.1 Å². The van der Waals surface area contributed by atoms with Crippen LogP contribution in [0.1, 0.15) is 18.6 Å². The van der Waals surface area contributed by atoms with E-state index in [1.165, 1.54) is 42.5 Å². The molecule has 0 spiro atoms. The molecular weight excluding hydrogens is 671 g/mol. The lowest BCUT2D eigenvalue weighted by molar-refractivity contribution is -0.142. The number of alkyl halides is 2. The molecule has 0 aliphatic rings. The fraction of sp³-hybridized carbons (Fsp3) is 0.290. The maximum absolute atomic E-state index is 13.5. The number of rotatable bonds is 16. The first-order valence-electron chi connectivity index (χ1n) is 14.7. The van der Waals surface area contributed by atoms with E-state index in [1.807, 2.05) is 4.72 Å². The van der Waals surface area contributed by atoms with E-state index in [1.54, 1.807) is 41.9 Å². The highest BCUT2D eigenvalue weighted by Crippen LogP contribution is 2.40. The number of aromatic nitrogens is 5. The number of nitrogen functional groups attached to an aromatic ring is 1. The number of hydrogen-bond donors (Lipinski definition) is 3. The van der Waals surface area contributed by atoms with Crippen molar-refractivity contribution in [2.24, 2.45) is 7.05 Å². The molecule has 2 aromatic carbocycles. The molecule has 18 heteroatoms.